The lowest BCUT2D eigenvalue weighted by Gasteiger charge is -2.18. The molecule has 0 saturated heterocycles. The molecule has 4 heteroatoms. The van der Waals surface area contributed by atoms with E-state index in [1.807, 2.05) is 12.1 Å². The highest BCUT2D eigenvalue weighted by Crippen LogP contribution is 2.42. The predicted octanol–water partition coefficient (Wildman–Crippen LogP) is 5.76. The van der Waals surface area contributed by atoms with Crippen molar-refractivity contribution in [3.05, 3.63) is 65.0 Å². The zero-order chi connectivity index (χ0) is 21.5. The van der Waals surface area contributed by atoms with E-state index in [-0.39, 0.29) is 11.6 Å². The molecular formula is C26H34FNO2. The van der Waals surface area contributed by atoms with Crippen molar-refractivity contribution in [1.82, 2.24) is 0 Å². The van der Waals surface area contributed by atoms with Gasteiger partial charge in [-0.3, -0.25) is 4.79 Å². The molecule has 162 valence electrons. The lowest BCUT2D eigenvalue weighted by molar-refractivity contribution is -0.118. The summed E-state index contributed by atoms with van der Waals surface area (Å²) in [5.74, 6) is 1.93. The van der Waals surface area contributed by atoms with E-state index >= 15 is 0 Å². The summed E-state index contributed by atoms with van der Waals surface area (Å²) in [6.45, 7) is 2.79. The zero-order valence-electron chi connectivity index (χ0n) is 18.2. The van der Waals surface area contributed by atoms with Gasteiger partial charge in [-0.05, 0) is 85.2 Å². The molecule has 2 N–H and O–H groups in total. The number of carbonyl (C=O) groups excluding carboxylic acids is 1. The molecule has 0 heterocycles. The van der Waals surface area contributed by atoms with Crippen molar-refractivity contribution in [2.75, 3.05) is 13.7 Å². The van der Waals surface area contributed by atoms with Crippen molar-refractivity contribution in [2.45, 2.75) is 63.7 Å². The largest absolute Gasteiger partial charge is 0.494 e. The van der Waals surface area contributed by atoms with Gasteiger partial charge < -0.3 is 10.5 Å². The lowest BCUT2D eigenvalue weighted by Crippen LogP contribution is -2.07. The van der Waals surface area contributed by atoms with Crippen LogP contribution in [0.1, 0.15) is 74.0 Å². The van der Waals surface area contributed by atoms with Crippen molar-refractivity contribution in [3.63, 3.8) is 0 Å². The van der Waals surface area contributed by atoms with Crippen LogP contribution in [0.15, 0.2) is 42.5 Å². The van der Waals surface area contributed by atoms with Gasteiger partial charge in [-0.2, -0.15) is 0 Å². The van der Waals surface area contributed by atoms with E-state index in [9.17, 15) is 9.18 Å². The Morgan fingerprint density at radius 2 is 1.97 bits per heavy atom. The molecule has 30 heavy (non-hydrogen) atoms. The first-order chi connectivity index (χ1) is 14.5. The van der Waals surface area contributed by atoms with Crippen LogP contribution in [0.4, 0.5) is 4.39 Å². The van der Waals surface area contributed by atoms with Crippen LogP contribution in [-0.4, -0.2) is 19.4 Å². The summed E-state index contributed by atoms with van der Waals surface area (Å²) in [7, 11) is 1.51. The Labute approximate surface area is 179 Å². The molecule has 2 aromatic rings. The highest BCUT2D eigenvalue weighted by Gasteiger charge is 2.27. The molecule has 1 aliphatic rings. The van der Waals surface area contributed by atoms with Crippen LogP contribution in [0.3, 0.4) is 0 Å². The quantitative estimate of drug-likeness (QED) is 0.540. The number of Topliss-reactive ketones (excluding diaryl/α,β-unsaturated/α-hetero) is 1. The number of benzene rings is 2. The number of carbonyl (C=O) groups is 1. The Hall–Kier alpha value is -2.20. The molecule has 2 aromatic carbocycles. The van der Waals surface area contributed by atoms with Gasteiger partial charge >= 0.3 is 0 Å². The van der Waals surface area contributed by atoms with E-state index < -0.39 is 0 Å². The van der Waals surface area contributed by atoms with Crippen LogP contribution in [0, 0.1) is 11.7 Å². The van der Waals surface area contributed by atoms with Gasteiger partial charge in [0.1, 0.15) is 5.78 Å². The third-order valence-electron chi connectivity index (χ3n) is 6.48. The highest BCUT2D eigenvalue weighted by molar-refractivity contribution is 5.80. The van der Waals surface area contributed by atoms with Gasteiger partial charge in [0.05, 0.1) is 7.11 Å². The van der Waals surface area contributed by atoms with Crippen LogP contribution in [0.25, 0.3) is 0 Å². The molecule has 0 unspecified atom stereocenters. The maximum atomic E-state index is 13.7. The summed E-state index contributed by atoms with van der Waals surface area (Å²) in [5, 5.41) is 0. The highest BCUT2D eigenvalue weighted by atomic mass is 19.1. The van der Waals surface area contributed by atoms with Gasteiger partial charge in [0.15, 0.2) is 11.6 Å². The molecule has 0 aliphatic heterocycles. The SMILES string of the molecule is COc1cc([C@@H](C)C[C@H]2CC[C@@H](c3ccc(CC(=O)CCCN)cc3)C2)ccc1F. The molecule has 0 radical (unpaired) electrons. The molecule has 0 bridgehead atoms. The first-order valence-corrected chi connectivity index (χ1v) is 11.1. The number of rotatable bonds is 10. The minimum atomic E-state index is -0.307. The van der Waals surface area contributed by atoms with E-state index in [1.165, 1.54) is 38.0 Å². The van der Waals surface area contributed by atoms with E-state index in [2.05, 4.69) is 31.2 Å². The summed E-state index contributed by atoms with van der Waals surface area (Å²) >= 11 is 0. The Kier molecular flexibility index (Phi) is 8.03. The van der Waals surface area contributed by atoms with Crippen molar-refractivity contribution in [1.29, 1.82) is 0 Å². The number of halogens is 1. The predicted molar refractivity (Wildman–Crippen MR) is 120 cm³/mol. The van der Waals surface area contributed by atoms with Crippen molar-refractivity contribution in [2.24, 2.45) is 11.7 Å². The monoisotopic (exact) mass is 411 g/mol. The molecule has 1 saturated carbocycles. The fourth-order valence-corrected chi connectivity index (χ4v) is 4.73. The summed E-state index contributed by atoms with van der Waals surface area (Å²) < 4.78 is 18.8. The van der Waals surface area contributed by atoms with E-state index in [4.69, 9.17) is 10.5 Å². The van der Waals surface area contributed by atoms with E-state index in [1.54, 1.807) is 0 Å². The van der Waals surface area contributed by atoms with Crippen molar-refractivity contribution < 1.29 is 13.9 Å². The first-order valence-electron chi connectivity index (χ1n) is 11.1. The van der Waals surface area contributed by atoms with Crippen LogP contribution >= 0.6 is 0 Å². The topological polar surface area (TPSA) is 52.3 Å². The number of hydrogen-bond acceptors (Lipinski definition) is 3. The molecule has 3 nitrogen and oxygen atoms in total. The summed E-state index contributed by atoms with van der Waals surface area (Å²) in [4.78, 5) is 11.9. The summed E-state index contributed by atoms with van der Waals surface area (Å²) in [6, 6.07) is 13.8. The van der Waals surface area contributed by atoms with Crippen LogP contribution in [-0.2, 0) is 11.2 Å². The Morgan fingerprint density at radius 3 is 2.67 bits per heavy atom. The molecule has 3 rings (SSSR count). The number of nitrogens with two attached hydrogens (primary N) is 1. The third-order valence-corrected chi connectivity index (χ3v) is 6.48. The fraction of sp³-hybridized carbons (Fsp3) is 0.500. The third kappa shape index (κ3) is 5.91. The second-order valence-corrected chi connectivity index (χ2v) is 8.76. The minimum absolute atomic E-state index is 0.264. The van der Waals surface area contributed by atoms with E-state index in [0.717, 1.165) is 24.0 Å². The Balaban J connectivity index is 1.53. The molecule has 0 aromatic heterocycles. The van der Waals surface area contributed by atoms with Crippen LogP contribution in [0.2, 0.25) is 0 Å². The van der Waals surface area contributed by atoms with Gasteiger partial charge in [-0.15, -0.1) is 0 Å². The molecule has 3 atom stereocenters. The minimum Gasteiger partial charge on any atom is -0.494 e. The summed E-state index contributed by atoms with van der Waals surface area (Å²) in [5.41, 5.74) is 9.09. The fourth-order valence-electron chi connectivity index (χ4n) is 4.73. The summed E-state index contributed by atoms with van der Waals surface area (Å²) in [6.07, 6.45) is 6.58. The van der Waals surface area contributed by atoms with Crippen LogP contribution in [0.5, 0.6) is 5.75 Å². The average Bonchev–Trinajstić information content (AvgIpc) is 3.21. The lowest BCUT2D eigenvalue weighted by atomic mass is 9.87. The molecule has 0 spiro atoms. The second-order valence-electron chi connectivity index (χ2n) is 8.76. The Morgan fingerprint density at radius 1 is 1.20 bits per heavy atom. The van der Waals surface area contributed by atoms with Gasteiger partial charge in [-0.1, -0.05) is 37.3 Å². The number of ether oxygens (including phenoxy) is 1. The maximum Gasteiger partial charge on any atom is 0.165 e. The number of methoxy groups -OCH3 is 1. The van der Waals surface area contributed by atoms with E-state index in [0.29, 0.717) is 42.9 Å². The van der Waals surface area contributed by atoms with Gasteiger partial charge in [0.2, 0.25) is 0 Å². The molecule has 1 fully saturated rings. The Bertz CT molecular complexity index is 833. The second kappa shape index (κ2) is 10.7. The molecular weight excluding hydrogens is 377 g/mol. The standard InChI is InChI=1S/C26H34FNO2/c1-18(22-11-12-25(27)26(17-22)30-2)14-20-7-10-23(15-20)21-8-5-19(6-9-21)16-24(29)4-3-13-28/h5-6,8-9,11-12,17-18,20,23H,3-4,7,10,13-16,28H2,1-2H3/t18-,20+,23+/m0/s1. The zero-order valence-corrected chi connectivity index (χ0v) is 18.2. The van der Waals surface area contributed by atoms with Gasteiger partial charge in [-0.25, -0.2) is 4.39 Å². The maximum absolute atomic E-state index is 13.7. The van der Waals surface area contributed by atoms with Crippen LogP contribution < -0.4 is 10.5 Å². The van der Waals surface area contributed by atoms with Gasteiger partial charge in [0.25, 0.3) is 0 Å². The van der Waals surface area contributed by atoms with Crippen molar-refractivity contribution in [3.8, 4) is 5.75 Å². The van der Waals surface area contributed by atoms with Gasteiger partial charge in [0, 0.05) is 12.8 Å². The average molecular weight is 412 g/mol. The normalized spacial score (nSPS) is 19.6. The number of hydrogen-bond donors (Lipinski definition) is 1. The smallest absolute Gasteiger partial charge is 0.165 e. The number of ketones is 1. The van der Waals surface area contributed by atoms with Crippen molar-refractivity contribution >= 4 is 5.78 Å². The first kappa shape index (κ1) is 22.5. The molecule has 0 amide bonds. The molecule has 1 aliphatic carbocycles.